The van der Waals surface area contributed by atoms with Gasteiger partial charge in [-0.15, -0.1) is 0 Å². The summed E-state index contributed by atoms with van der Waals surface area (Å²) in [6.45, 7) is 9.32. The summed E-state index contributed by atoms with van der Waals surface area (Å²) in [5, 5.41) is 0. The minimum Gasteiger partial charge on any atom is -0.374 e. The molecule has 1 aliphatic rings. The average molecular weight is 228 g/mol. The number of ether oxygens (including phenoxy) is 1. The maximum absolute atomic E-state index is 5.82. The van der Waals surface area contributed by atoms with Crippen LogP contribution in [0.3, 0.4) is 0 Å². The lowest BCUT2D eigenvalue weighted by molar-refractivity contribution is -0.0256. The van der Waals surface area contributed by atoms with Crippen LogP contribution >= 0.6 is 0 Å². The van der Waals surface area contributed by atoms with Crippen molar-refractivity contribution in [3.8, 4) is 0 Å². The van der Waals surface area contributed by atoms with Crippen LogP contribution in [0, 0.1) is 11.8 Å². The van der Waals surface area contributed by atoms with Crippen LogP contribution in [-0.2, 0) is 4.74 Å². The normalized spacial score (nSPS) is 29.1. The van der Waals surface area contributed by atoms with Gasteiger partial charge in [0.05, 0.1) is 12.2 Å². The molecular formula is C13H28N2O. The SMILES string of the molecule is CC1CCC(C(COC(C)(C)C)NN)CC1. The molecule has 0 heterocycles. The Bertz CT molecular complexity index is 193. The zero-order valence-electron chi connectivity index (χ0n) is 11.3. The summed E-state index contributed by atoms with van der Waals surface area (Å²) in [6, 6.07) is 0.312. The Morgan fingerprint density at radius 2 is 1.81 bits per heavy atom. The van der Waals surface area contributed by atoms with Crippen molar-refractivity contribution in [1.29, 1.82) is 0 Å². The lowest BCUT2D eigenvalue weighted by atomic mass is 9.79. The number of hydrogen-bond acceptors (Lipinski definition) is 3. The summed E-state index contributed by atoms with van der Waals surface area (Å²) in [7, 11) is 0. The molecule has 1 saturated carbocycles. The predicted octanol–water partition coefficient (Wildman–Crippen LogP) is 2.46. The highest BCUT2D eigenvalue weighted by Crippen LogP contribution is 2.30. The highest BCUT2D eigenvalue weighted by molar-refractivity contribution is 4.80. The van der Waals surface area contributed by atoms with Gasteiger partial charge in [-0.3, -0.25) is 11.3 Å². The van der Waals surface area contributed by atoms with Crippen LogP contribution in [-0.4, -0.2) is 18.2 Å². The quantitative estimate of drug-likeness (QED) is 0.574. The molecule has 3 N–H and O–H groups in total. The van der Waals surface area contributed by atoms with E-state index in [1.807, 2.05) is 0 Å². The summed E-state index contributed by atoms with van der Waals surface area (Å²) >= 11 is 0. The molecular weight excluding hydrogens is 200 g/mol. The van der Waals surface area contributed by atoms with E-state index >= 15 is 0 Å². The molecule has 0 aromatic heterocycles. The molecule has 0 bridgehead atoms. The first-order valence-electron chi connectivity index (χ1n) is 6.52. The van der Waals surface area contributed by atoms with Gasteiger partial charge in [-0.2, -0.15) is 0 Å². The monoisotopic (exact) mass is 228 g/mol. The summed E-state index contributed by atoms with van der Waals surface area (Å²) in [5.41, 5.74) is 2.86. The molecule has 0 saturated heterocycles. The molecule has 96 valence electrons. The molecule has 3 nitrogen and oxygen atoms in total. The molecule has 16 heavy (non-hydrogen) atoms. The second kappa shape index (κ2) is 5.99. The van der Waals surface area contributed by atoms with Gasteiger partial charge in [0.2, 0.25) is 0 Å². The molecule has 0 aliphatic heterocycles. The van der Waals surface area contributed by atoms with Gasteiger partial charge in [0.15, 0.2) is 0 Å². The third kappa shape index (κ3) is 4.81. The van der Waals surface area contributed by atoms with Gasteiger partial charge >= 0.3 is 0 Å². The fraction of sp³-hybridized carbons (Fsp3) is 1.00. The standard InChI is InChI=1S/C13H28N2O/c1-10-5-7-11(8-6-10)12(15-14)9-16-13(2,3)4/h10-12,15H,5-9,14H2,1-4H3. The second-order valence-electron chi connectivity index (χ2n) is 6.22. The molecule has 1 fully saturated rings. The van der Waals surface area contributed by atoms with Crippen molar-refractivity contribution in [1.82, 2.24) is 5.43 Å². The zero-order valence-corrected chi connectivity index (χ0v) is 11.3. The van der Waals surface area contributed by atoms with Crippen LogP contribution in [0.5, 0.6) is 0 Å². The summed E-state index contributed by atoms with van der Waals surface area (Å²) in [6.07, 6.45) is 5.23. The van der Waals surface area contributed by atoms with Gasteiger partial charge in [-0.25, -0.2) is 0 Å². The number of nitrogens with two attached hydrogens (primary N) is 1. The molecule has 1 rings (SSSR count). The third-order valence-electron chi connectivity index (χ3n) is 3.54. The highest BCUT2D eigenvalue weighted by atomic mass is 16.5. The van der Waals surface area contributed by atoms with Gasteiger partial charge in [0.25, 0.3) is 0 Å². The fourth-order valence-corrected chi connectivity index (χ4v) is 2.35. The molecule has 0 radical (unpaired) electrons. The molecule has 0 aromatic rings. The topological polar surface area (TPSA) is 47.3 Å². The van der Waals surface area contributed by atoms with Crippen molar-refractivity contribution in [3.05, 3.63) is 0 Å². The van der Waals surface area contributed by atoms with Crippen LogP contribution in [0.4, 0.5) is 0 Å². The van der Waals surface area contributed by atoms with E-state index in [1.165, 1.54) is 25.7 Å². The minimum absolute atomic E-state index is 0.0724. The summed E-state index contributed by atoms with van der Waals surface area (Å²) in [4.78, 5) is 0. The minimum atomic E-state index is -0.0724. The van der Waals surface area contributed by atoms with E-state index < -0.39 is 0 Å². The average Bonchev–Trinajstić information content (AvgIpc) is 2.20. The van der Waals surface area contributed by atoms with Crippen molar-refractivity contribution < 1.29 is 4.74 Å². The van der Waals surface area contributed by atoms with Gasteiger partial charge in [0, 0.05) is 6.04 Å². The van der Waals surface area contributed by atoms with Crippen molar-refractivity contribution in [2.75, 3.05) is 6.61 Å². The van der Waals surface area contributed by atoms with Crippen LogP contribution in [0.15, 0.2) is 0 Å². The molecule has 0 aromatic carbocycles. The highest BCUT2D eigenvalue weighted by Gasteiger charge is 2.26. The molecule has 3 heteroatoms. The Morgan fingerprint density at radius 1 is 1.25 bits per heavy atom. The Kier molecular flexibility index (Phi) is 5.22. The van der Waals surface area contributed by atoms with Crippen molar-refractivity contribution in [2.24, 2.45) is 17.7 Å². The van der Waals surface area contributed by atoms with Gasteiger partial charge in [0.1, 0.15) is 0 Å². The molecule has 0 spiro atoms. The van der Waals surface area contributed by atoms with E-state index in [9.17, 15) is 0 Å². The molecule has 1 aliphatic carbocycles. The van der Waals surface area contributed by atoms with Crippen molar-refractivity contribution in [2.45, 2.75) is 65.0 Å². The van der Waals surface area contributed by atoms with E-state index in [2.05, 4.69) is 33.1 Å². The predicted molar refractivity (Wildman–Crippen MR) is 67.9 cm³/mol. The number of hydrogen-bond donors (Lipinski definition) is 2. The third-order valence-corrected chi connectivity index (χ3v) is 3.54. The van der Waals surface area contributed by atoms with E-state index in [-0.39, 0.29) is 5.60 Å². The first-order chi connectivity index (χ1) is 7.42. The van der Waals surface area contributed by atoms with E-state index in [1.54, 1.807) is 0 Å². The van der Waals surface area contributed by atoms with Crippen molar-refractivity contribution >= 4 is 0 Å². The summed E-state index contributed by atoms with van der Waals surface area (Å²) in [5.74, 6) is 7.21. The van der Waals surface area contributed by atoms with Crippen LogP contribution in [0.1, 0.15) is 53.4 Å². The molecule has 0 amide bonds. The maximum atomic E-state index is 5.82. The Labute approximate surface area is 100 Å². The smallest absolute Gasteiger partial charge is 0.0642 e. The molecule has 1 unspecified atom stereocenters. The largest absolute Gasteiger partial charge is 0.374 e. The Balaban J connectivity index is 2.36. The summed E-state index contributed by atoms with van der Waals surface area (Å²) < 4.78 is 5.82. The second-order valence-corrected chi connectivity index (χ2v) is 6.22. The number of nitrogens with one attached hydrogen (secondary N) is 1. The van der Waals surface area contributed by atoms with Crippen LogP contribution in [0.2, 0.25) is 0 Å². The zero-order chi connectivity index (χ0) is 12.2. The van der Waals surface area contributed by atoms with Crippen LogP contribution in [0.25, 0.3) is 0 Å². The maximum Gasteiger partial charge on any atom is 0.0642 e. The van der Waals surface area contributed by atoms with E-state index in [0.29, 0.717) is 12.0 Å². The van der Waals surface area contributed by atoms with Gasteiger partial charge in [-0.05, 0) is 45.4 Å². The molecule has 1 atom stereocenters. The van der Waals surface area contributed by atoms with Crippen LogP contribution < -0.4 is 11.3 Å². The lowest BCUT2D eigenvalue weighted by Gasteiger charge is -2.33. The fourth-order valence-electron chi connectivity index (χ4n) is 2.35. The van der Waals surface area contributed by atoms with E-state index in [0.717, 1.165) is 12.5 Å². The van der Waals surface area contributed by atoms with Crippen molar-refractivity contribution in [3.63, 3.8) is 0 Å². The van der Waals surface area contributed by atoms with Gasteiger partial charge < -0.3 is 4.74 Å². The number of rotatable bonds is 4. The first-order valence-corrected chi connectivity index (χ1v) is 6.52. The van der Waals surface area contributed by atoms with E-state index in [4.69, 9.17) is 10.6 Å². The Morgan fingerprint density at radius 3 is 2.25 bits per heavy atom. The first kappa shape index (κ1) is 13.9. The Hall–Kier alpha value is -0.120. The number of hydrazine groups is 1. The lowest BCUT2D eigenvalue weighted by Crippen LogP contribution is -2.46. The van der Waals surface area contributed by atoms with Gasteiger partial charge in [-0.1, -0.05) is 19.8 Å².